The largest absolute Gasteiger partial charge is 0.358 e. The highest BCUT2D eigenvalue weighted by Crippen LogP contribution is 2.20. The van der Waals surface area contributed by atoms with Gasteiger partial charge in [-0.2, -0.15) is 0 Å². The van der Waals surface area contributed by atoms with E-state index in [0.717, 1.165) is 23.4 Å². The van der Waals surface area contributed by atoms with E-state index in [-0.39, 0.29) is 18.0 Å². The molecule has 0 spiro atoms. The molecule has 106 valence electrons. The molecule has 20 heavy (non-hydrogen) atoms. The third kappa shape index (κ3) is 2.39. The number of likely N-dealkylation sites (N-methyl/N-ethyl adjacent to an activating group) is 1. The van der Waals surface area contributed by atoms with Crippen molar-refractivity contribution in [3.8, 4) is 0 Å². The third-order valence-electron chi connectivity index (χ3n) is 3.78. The molecule has 1 aliphatic rings. The van der Waals surface area contributed by atoms with E-state index in [1.54, 1.807) is 7.05 Å². The van der Waals surface area contributed by atoms with Gasteiger partial charge < -0.3 is 16.0 Å². The third-order valence-corrected chi connectivity index (χ3v) is 3.78. The van der Waals surface area contributed by atoms with Crippen molar-refractivity contribution >= 4 is 16.9 Å². The van der Waals surface area contributed by atoms with Crippen LogP contribution in [0, 0.1) is 0 Å². The van der Waals surface area contributed by atoms with Gasteiger partial charge in [-0.3, -0.25) is 9.69 Å². The number of nitrogens with zero attached hydrogens (tertiary/aromatic N) is 2. The summed E-state index contributed by atoms with van der Waals surface area (Å²) in [5.74, 6) is 0.892. The molecule has 0 radical (unpaired) electrons. The summed E-state index contributed by atoms with van der Waals surface area (Å²) in [6, 6.07) is 7.79. The smallest absolute Gasteiger partial charge is 0.237 e. The van der Waals surface area contributed by atoms with E-state index in [2.05, 4.69) is 20.2 Å². The van der Waals surface area contributed by atoms with Crippen LogP contribution in [0.4, 0.5) is 0 Å². The van der Waals surface area contributed by atoms with Gasteiger partial charge in [-0.25, -0.2) is 4.98 Å². The molecular weight excluding hydrogens is 254 g/mol. The highest BCUT2D eigenvalue weighted by molar-refractivity contribution is 5.82. The molecule has 0 saturated carbocycles. The fourth-order valence-electron chi connectivity index (χ4n) is 2.83. The molecule has 6 heteroatoms. The Labute approximate surface area is 117 Å². The van der Waals surface area contributed by atoms with Gasteiger partial charge in [0.2, 0.25) is 5.91 Å². The van der Waals surface area contributed by atoms with Crippen molar-refractivity contribution in [2.75, 3.05) is 13.6 Å². The molecule has 1 aromatic heterocycles. The predicted octanol–water partition coefficient (Wildman–Crippen LogP) is 0.211. The maximum Gasteiger partial charge on any atom is 0.237 e. The number of hydrogen-bond acceptors (Lipinski definition) is 4. The van der Waals surface area contributed by atoms with Crippen LogP contribution in [0.5, 0.6) is 0 Å². The molecule has 2 heterocycles. The van der Waals surface area contributed by atoms with Gasteiger partial charge in [0.1, 0.15) is 5.82 Å². The summed E-state index contributed by atoms with van der Waals surface area (Å²) in [6.45, 7) is 1.33. The number of hydrogen-bond donors (Lipinski definition) is 3. The first-order valence-corrected chi connectivity index (χ1v) is 6.82. The number of fused-ring (bicyclic) bond motifs is 1. The Morgan fingerprint density at radius 1 is 1.55 bits per heavy atom. The minimum absolute atomic E-state index is 0.0223. The maximum absolute atomic E-state index is 11.9. The molecule has 6 nitrogen and oxygen atoms in total. The topological polar surface area (TPSA) is 87.0 Å². The number of imidazole rings is 1. The summed E-state index contributed by atoms with van der Waals surface area (Å²) in [5, 5.41) is 2.70. The lowest BCUT2D eigenvalue weighted by Gasteiger charge is -2.21. The van der Waals surface area contributed by atoms with E-state index >= 15 is 0 Å². The number of benzene rings is 1. The van der Waals surface area contributed by atoms with E-state index in [1.807, 2.05) is 24.3 Å². The zero-order valence-electron chi connectivity index (χ0n) is 11.5. The molecule has 1 aromatic carbocycles. The second kappa shape index (κ2) is 5.22. The summed E-state index contributed by atoms with van der Waals surface area (Å²) in [6.07, 6.45) is 0.694. The van der Waals surface area contributed by atoms with E-state index in [4.69, 9.17) is 5.73 Å². The van der Waals surface area contributed by atoms with Crippen LogP contribution < -0.4 is 11.1 Å². The molecule has 1 fully saturated rings. The van der Waals surface area contributed by atoms with E-state index in [9.17, 15) is 4.79 Å². The minimum Gasteiger partial charge on any atom is -0.358 e. The summed E-state index contributed by atoms with van der Waals surface area (Å²) >= 11 is 0. The normalized spacial score (nSPS) is 23.3. The van der Waals surface area contributed by atoms with Crippen molar-refractivity contribution in [3.05, 3.63) is 30.1 Å². The molecule has 1 amide bonds. The van der Waals surface area contributed by atoms with Crippen molar-refractivity contribution in [1.82, 2.24) is 20.2 Å². The van der Waals surface area contributed by atoms with Gasteiger partial charge in [-0.15, -0.1) is 0 Å². The monoisotopic (exact) mass is 273 g/mol. The Morgan fingerprint density at radius 2 is 2.35 bits per heavy atom. The van der Waals surface area contributed by atoms with Crippen LogP contribution in [-0.4, -0.2) is 46.5 Å². The molecule has 3 rings (SSSR count). The van der Waals surface area contributed by atoms with Crippen LogP contribution in [0.1, 0.15) is 12.2 Å². The van der Waals surface area contributed by atoms with Crippen LogP contribution >= 0.6 is 0 Å². The van der Waals surface area contributed by atoms with E-state index in [1.165, 1.54) is 0 Å². The summed E-state index contributed by atoms with van der Waals surface area (Å²) in [4.78, 5) is 21.8. The molecule has 0 unspecified atom stereocenters. The fraction of sp³-hybridized carbons (Fsp3) is 0.429. The number of aromatic nitrogens is 2. The Hall–Kier alpha value is -1.92. The van der Waals surface area contributed by atoms with E-state index < -0.39 is 0 Å². The molecule has 1 saturated heterocycles. The number of para-hydroxylation sites is 2. The van der Waals surface area contributed by atoms with Gasteiger partial charge in [-0.1, -0.05) is 12.1 Å². The number of carbonyl (C=O) groups is 1. The van der Waals surface area contributed by atoms with Crippen molar-refractivity contribution in [1.29, 1.82) is 0 Å². The highest BCUT2D eigenvalue weighted by atomic mass is 16.2. The van der Waals surface area contributed by atoms with Crippen molar-refractivity contribution in [3.63, 3.8) is 0 Å². The molecule has 0 bridgehead atoms. The average Bonchev–Trinajstić information content (AvgIpc) is 3.01. The van der Waals surface area contributed by atoms with Crippen LogP contribution in [0.2, 0.25) is 0 Å². The number of nitrogens with one attached hydrogen (secondary N) is 2. The summed E-state index contributed by atoms with van der Waals surface area (Å²) in [7, 11) is 1.66. The van der Waals surface area contributed by atoms with Gasteiger partial charge in [0.25, 0.3) is 0 Å². The van der Waals surface area contributed by atoms with Gasteiger partial charge in [0.05, 0.1) is 23.6 Å². The lowest BCUT2D eigenvalue weighted by Crippen LogP contribution is -2.41. The first kappa shape index (κ1) is 13.1. The zero-order valence-corrected chi connectivity index (χ0v) is 11.5. The average molecular weight is 273 g/mol. The SMILES string of the molecule is CNC(=O)[C@@H]1C[C@H](N)CN1Cc1nc2ccccc2[nH]1. The second-order valence-corrected chi connectivity index (χ2v) is 5.26. The number of amides is 1. The van der Waals surface area contributed by atoms with Crippen molar-refractivity contribution in [2.24, 2.45) is 5.73 Å². The summed E-state index contributed by atoms with van der Waals surface area (Å²) in [5.41, 5.74) is 7.95. The molecule has 1 aliphatic heterocycles. The summed E-state index contributed by atoms with van der Waals surface area (Å²) < 4.78 is 0. The Bertz CT molecular complexity index is 590. The molecule has 2 aromatic rings. The first-order chi connectivity index (χ1) is 9.67. The number of nitrogens with two attached hydrogens (primary N) is 1. The minimum atomic E-state index is -0.164. The lowest BCUT2D eigenvalue weighted by molar-refractivity contribution is -0.125. The number of carbonyl (C=O) groups excluding carboxylic acids is 1. The Kier molecular flexibility index (Phi) is 3.42. The number of H-pyrrole nitrogens is 1. The van der Waals surface area contributed by atoms with Gasteiger partial charge in [-0.05, 0) is 18.6 Å². The van der Waals surface area contributed by atoms with Crippen LogP contribution in [0.3, 0.4) is 0 Å². The number of likely N-dealkylation sites (tertiary alicyclic amines) is 1. The second-order valence-electron chi connectivity index (χ2n) is 5.26. The van der Waals surface area contributed by atoms with Gasteiger partial charge in [0, 0.05) is 19.6 Å². The Balaban J connectivity index is 1.80. The fourth-order valence-corrected chi connectivity index (χ4v) is 2.83. The zero-order chi connectivity index (χ0) is 14.1. The first-order valence-electron chi connectivity index (χ1n) is 6.82. The quantitative estimate of drug-likeness (QED) is 0.746. The predicted molar refractivity (Wildman–Crippen MR) is 77.0 cm³/mol. The molecule has 2 atom stereocenters. The van der Waals surface area contributed by atoms with Gasteiger partial charge in [0.15, 0.2) is 0 Å². The molecule has 0 aliphatic carbocycles. The highest BCUT2D eigenvalue weighted by Gasteiger charge is 2.34. The van der Waals surface area contributed by atoms with Crippen LogP contribution in [-0.2, 0) is 11.3 Å². The van der Waals surface area contributed by atoms with Crippen molar-refractivity contribution in [2.45, 2.75) is 25.0 Å². The van der Waals surface area contributed by atoms with Crippen LogP contribution in [0.25, 0.3) is 11.0 Å². The molecular formula is C14H19N5O. The number of aromatic amines is 1. The van der Waals surface area contributed by atoms with E-state index in [0.29, 0.717) is 13.0 Å². The number of rotatable bonds is 3. The molecule has 4 N–H and O–H groups in total. The van der Waals surface area contributed by atoms with Gasteiger partial charge >= 0.3 is 0 Å². The Morgan fingerprint density at radius 3 is 3.10 bits per heavy atom. The maximum atomic E-state index is 11.9. The lowest BCUT2D eigenvalue weighted by atomic mass is 10.1. The standard InChI is InChI=1S/C14H19N5O/c1-16-14(20)12-6-9(15)7-19(12)8-13-17-10-4-2-3-5-11(10)18-13/h2-5,9,12H,6-8,15H2,1H3,(H,16,20)(H,17,18)/t9-,12-/m0/s1. The van der Waals surface area contributed by atoms with Crippen molar-refractivity contribution < 1.29 is 4.79 Å². The van der Waals surface area contributed by atoms with Crippen LogP contribution in [0.15, 0.2) is 24.3 Å².